The SMILES string of the molecule is N#Cc1ccc(Nc2nc(NC3CCCC[C@@H]3N)cnc2C(N)=O)cn1. The summed E-state index contributed by atoms with van der Waals surface area (Å²) in [6.07, 6.45) is 7.12. The van der Waals surface area contributed by atoms with E-state index in [1.165, 1.54) is 12.4 Å². The Labute approximate surface area is 150 Å². The zero-order chi connectivity index (χ0) is 18.5. The Kier molecular flexibility index (Phi) is 5.24. The molecule has 2 aromatic rings. The van der Waals surface area contributed by atoms with Crippen molar-refractivity contribution < 1.29 is 4.79 Å². The number of rotatable bonds is 5. The molecule has 134 valence electrons. The van der Waals surface area contributed by atoms with Gasteiger partial charge in [-0.05, 0) is 25.0 Å². The van der Waals surface area contributed by atoms with Crippen LogP contribution in [0, 0.1) is 11.3 Å². The van der Waals surface area contributed by atoms with E-state index in [1.54, 1.807) is 12.1 Å². The molecule has 26 heavy (non-hydrogen) atoms. The monoisotopic (exact) mass is 352 g/mol. The molecule has 0 bridgehead atoms. The van der Waals surface area contributed by atoms with Crippen molar-refractivity contribution in [3.05, 3.63) is 35.9 Å². The van der Waals surface area contributed by atoms with E-state index < -0.39 is 5.91 Å². The molecule has 9 heteroatoms. The molecule has 0 spiro atoms. The fourth-order valence-electron chi connectivity index (χ4n) is 2.93. The van der Waals surface area contributed by atoms with Gasteiger partial charge in [-0.2, -0.15) is 5.26 Å². The van der Waals surface area contributed by atoms with Gasteiger partial charge in [-0.3, -0.25) is 4.79 Å². The molecule has 2 atom stereocenters. The summed E-state index contributed by atoms with van der Waals surface area (Å²) in [4.78, 5) is 24.2. The molecule has 0 radical (unpaired) electrons. The number of nitriles is 1. The lowest BCUT2D eigenvalue weighted by Crippen LogP contribution is -2.42. The van der Waals surface area contributed by atoms with Crippen LogP contribution in [0.15, 0.2) is 24.5 Å². The number of nitrogens with two attached hydrogens (primary N) is 2. The van der Waals surface area contributed by atoms with E-state index in [4.69, 9.17) is 16.7 Å². The largest absolute Gasteiger partial charge is 0.364 e. The van der Waals surface area contributed by atoms with Gasteiger partial charge in [0.25, 0.3) is 5.91 Å². The van der Waals surface area contributed by atoms with E-state index in [2.05, 4.69) is 25.6 Å². The third-order valence-electron chi connectivity index (χ3n) is 4.30. The van der Waals surface area contributed by atoms with Crippen molar-refractivity contribution in [2.45, 2.75) is 37.8 Å². The van der Waals surface area contributed by atoms with Gasteiger partial charge in [0.1, 0.15) is 17.6 Å². The summed E-state index contributed by atoms with van der Waals surface area (Å²) in [5, 5.41) is 15.1. The molecular formula is C17H20N8O. The lowest BCUT2D eigenvalue weighted by molar-refractivity contribution is 0.0996. The van der Waals surface area contributed by atoms with E-state index in [1.807, 2.05) is 6.07 Å². The predicted molar refractivity (Wildman–Crippen MR) is 96.6 cm³/mol. The van der Waals surface area contributed by atoms with Crippen molar-refractivity contribution in [1.82, 2.24) is 15.0 Å². The standard InChI is InChI=1S/C17H20N8O/c18-7-10-5-6-11(8-21-10)23-17-15(16(20)26)22-9-14(25-17)24-13-4-2-1-3-12(13)19/h5-6,8-9,12-13H,1-4,19H2,(H2,20,26)(H2,23,24,25)/t12-,13?/m0/s1. The number of aromatic nitrogens is 3. The first kappa shape index (κ1) is 17.6. The van der Waals surface area contributed by atoms with Crippen LogP contribution in [0.3, 0.4) is 0 Å². The lowest BCUT2D eigenvalue weighted by Gasteiger charge is -2.29. The highest BCUT2D eigenvalue weighted by molar-refractivity contribution is 5.96. The Morgan fingerprint density at radius 1 is 1.23 bits per heavy atom. The van der Waals surface area contributed by atoms with E-state index >= 15 is 0 Å². The number of anilines is 3. The molecule has 2 aromatic heterocycles. The minimum Gasteiger partial charge on any atom is -0.364 e. The Morgan fingerprint density at radius 3 is 2.69 bits per heavy atom. The third-order valence-corrected chi connectivity index (χ3v) is 4.30. The zero-order valence-corrected chi connectivity index (χ0v) is 14.1. The maximum absolute atomic E-state index is 11.6. The summed E-state index contributed by atoms with van der Waals surface area (Å²) in [6.45, 7) is 0. The average Bonchev–Trinajstić information content (AvgIpc) is 2.64. The number of hydrogen-bond donors (Lipinski definition) is 4. The molecule has 1 unspecified atom stereocenters. The maximum atomic E-state index is 11.6. The van der Waals surface area contributed by atoms with Crippen LogP contribution in [0.4, 0.5) is 17.3 Å². The number of amides is 1. The number of nitrogens with one attached hydrogen (secondary N) is 2. The number of carbonyl (C=O) groups excluding carboxylic acids is 1. The number of hydrogen-bond acceptors (Lipinski definition) is 8. The first-order chi connectivity index (χ1) is 12.6. The summed E-state index contributed by atoms with van der Waals surface area (Å²) in [7, 11) is 0. The normalized spacial score (nSPS) is 19.4. The van der Waals surface area contributed by atoms with Gasteiger partial charge in [0.2, 0.25) is 0 Å². The lowest BCUT2D eigenvalue weighted by atomic mass is 9.91. The highest BCUT2D eigenvalue weighted by Gasteiger charge is 2.22. The van der Waals surface area contributed by atoms with Crippen molar-refractivity contribution in [3.8, 4) is 6.07 Å². The molecular weight excluding hydrogens is 332 g/mol. The van der Waals surface area contributed by atoms with Gasteiger partial charge >= 0.3 is 0 Å². The minimum absolute atomic E-state index is 0.0212. The van der Waals surface area contributed by atoms with E-state index in [0.717, 1.165) is 25.7 Å². The first-order valence-corrected chi connectivity index (χ1v) is 8.39. The molecule has 2 heterocycles. The van der Waals surface area contributed by atoms with Crippen LogP contribution >= 0.6 is 0 Å². The van der Waals surface area contributed by atoms with Gasteiger partial charge in [0, 0.05) is 12.1 Å². The Balaban J connectivity index is 1.83. The van der Waals surface area contributed by atoms with Crippen molar-refractivity contribution in [2.24, 2.45) is 11.5 Å². The molecule has 0 aromatic carbocycles. The highest BCUT2D eigenvalue weighted by Crippen LogP contribution is 2.23. The van der Waals surface area contributed by atoms with Gasteiger partial charge < -0.3 is 22.1 Å². The van der Waals surface area contributed by atoms with Crippen LogP contribution in [-0.2, 0) is 0 Å². The molecule has 9 nitrogen and oxygen atoms in total. The van der Waals surface area contributed by atoms with Crippen LogP contribution in [-0.4, -0.2) is 32.9 Å². The molecule has 1 fully saturated rings. The fraction of sp³-hybridized carbons (Fsp3) is 0.353. The molecule has 1 aliphatic rings. The topological polar surface area (TPSA) is 156 Å². The van der Waals surface area contributed by atoms with Crippen molar-refractivity contribution in [2.75, 3.05) is 10.6 Å². The molecule has 6 N–H and O–H groups in total. The Bertz CT molecular complexity index is 830. The maximum Gasteiger partial charge on any atom is 0.271 e. The summed E-state index contributed by atoms with van der Waals surface area (Å²) in [5.74, 6) is 0.0439. The number of nitrogens with zero attached hydrogens (tertiary/aromatic N) is 4. The van der Waals surface area contributed by atoms with Crippen LogP contribution in [0.25, 0.3) is 0 Å². The van der Waals surface area contributed by atoms with E-state index in [0.29, 0.717) is 17.2 Å². The van der Waals surface area contributed by atoms with Crippen LogP contribution in [0.5, 0.6) is 0 Å². The van der Waals surface area contributed by atoms with Gasteiger partial charge in [-0.25, -0.2) is 15.0 Å². The highest BCUT2D eigenvalue weighted by atomic mass is 16.1. The first-order valence-electron chi connectivity index (χ1n) is 8.39. The quantitative estimate of drug-likeness (QED) is 0.626. The molecule has 1 amide bonds. The number of primary amides is 1. The van der Waals surface area contributed by atoms with Gasteiger partial charge in [0.15, 0.2) is 11.5 Å². The number of pyridine rings is 1. The van der Waals surface area contributed by atoms with Crippen molar-refractivity contribution in [1.29, 1.82) is 5.26 Å². The predicted octanol–water partition coefficient (Wildman–Crippen LogP) is 1.27. The van der Waals surface area contributed by atoms with E-state index in [-0.39, 0.29) is 23.6 Å². The summed E-state index contributed by atoms with van der Waals surface area (Å²) < 4.78 is 0. The third kappa shape index (κ3) is 4.04. The fourth-order valence-corrected chi connectivity index (χ4v) is 2.93. The smallest absolute Gasteiger partial charge is 0.271 e. The molecule has 1 saturated carbocycles. The second kappa shape index (κ2) is 7.76. The van der Waals surface area contributed by atoms with Crippen molar-refractivity contribution in [3.63, 3.8) is 0 Å². The molecule has 0 aliphatic heterocycles. The summed E-state index contributed by atoms with van der Waals surface area (Å²) in [5.41, 5.74) is 12.4. The molecule has 3 rings (SSSR count). The summed E-state index contributed by atoms with van der Waals surface area (Å²) in [6, 6.07) is 5.33. The van der Waals surface area contributed by atoms with Crippen LogP contribution < -0.4 is 22.1 Å². The summed E-state index contributed by atoms with van der Waals surface area (Å²) >= 11 is 0. The molecule has 0 saturated heterocycles. The average molecular weight is 352 g/mol. The van der Waals surface area contributed by atoms with Crippen LogP contribution in [0.1, 0.15) is 41.9 Å². The zero-order valence-electron chi connectivity index (χ0n) is 14.1. The Morgan fingerprint density at radius 2 is 2.04 bits per heavy atom. The second-order valence-electron chi connectivity index (χ2n) is 6.18. The Hall–Kier alpha value is -3.25. The van der Waals surface area contributed by atoms with Crippen LogP contribution in [0.2, 0.25) is 0 Å². The van der Waals surface area contributed by atoms with E-state index in [9.17, 15) is 4.79 Å². The van der Waals surface area contributed by atoms with Gasteiger partial charge in [-0.1, -0.05) is 12.8 Å². The van der Waals surface area contributed by atoms with Crippen molar-refractivity contribution >= 4 is 23.2 Å². The molecule has 1 aliphatic carbocycles. The van der Waals surface area contributed by atoms with Gasteiger partial charge in [0.05, 0.1) is 18.1 Å². The van der Waals surface area contributed by atoms with Gasteiger partial charge in [-0.15, -0.1) is 0 Å². The number of carbonyl (C=O) groups is 1. The minimum atomic E-state index is -0.692. The second-order valence-corrected chi connectivity index (χ2v) is 6.18.